The molecule has 0 spiro atoms. The lowest BCUT2D eigenvalue weighted by atomic mass is 10.2. The topological polar surface area (TPSA) is 125 Å². The van der Waals surface area contributed by atoms with E-state index in [4.69, 9.17) is 26.8 Å². The molecule has 0 aliphatic carbocycles. The fourth-order valence-corrected chi connectivity index (χ4v) is 2.11. The second-order valence-electron chi connectivity index (χ2n) is 6.53. The average molecular weight is 388 g/mol. The van der Waals surface area contributed by atoms with E-state index in [1.54, 1.807) is 27.8 Å². The van der Waals surface area contributed by atoms with Gasteiger partial charge in [-0.1, -0.05) is 11.6 Å². The molecule has 1 rings (SSSR count). The number of nitro benzene ring substituents is 1. The Morgan fingerprint density at radius 2 is 1.96 bits per heavy atom. The highest BCUT2D eigenvalue weighted by Crippen LogP contribution is 2.35. The third-order valence-electron chi connectivity index (χ3n) is 3.10. The highest BCUT2D eigenvalue weighted by atomic mass is 35.5. The van der Waals surface area contributed by atoms with Crippen LogP contribution in [0, 0.1) is 10.1 Å². The fraction of sp³-hybridized carbons (Fsp3) is 0.500. The summed E-state index contributed by atoms with van der Waals surface area (Å²) in [5.41, 5.74) is 4.02. The molecule has 0 heterocycles. The smallest absolute Gasteiger partial charge is 0.410 e. The minimum Gasteiger partial charge on any atom is -0.492 e. The SMILES string of the molecule is CN(CCCOc1cc(C(N)=O)cc([N+](=O)[O-])c1Cl)C(=O)OC(C)(C)C. The van der Waals surface area contributed by atoms with Crippen LogP contribution >= 0.6 is 11.6 Å². The largest absolute Gasteiger partial charge is 0.492 e. The van der Waals surface area contributed by atoms with Crippen molar-refractivity contribution in [1.82, 2.24) is 4.90 Å². The molecule has 10 heteroatoms. The number of halogens is 1. The number of amides is 2. The van der Waals surface area contributed by atoms with Crippen LogP contribution in [0.15, 0.2) is 12.1 Å². The number of carbonyl (C=O) groups is 2. The van der Waals surface area contributed by atoms with Gasteiger partial charge in [-0.25, -0.2) is 4.79 Å². The molecule has 2 N–H and O–H groups in total. The minimum atomic E-state index is -0.834. The van der Waals surface area contributed by atoms with Crippen LogP contribution in [-0.2, 0) is 4.74 Å². The number of primary amides is 1. The van der Waals surface area contributed by atoms with Crippen molar-refractivity contribution in [3.8, 4) is 5.75 Å². The first-order valence-corrected chi connectivity index (χ1v) is 8.15. The Bertz CT molecular complexity index is 702. The maximum Gasteiger partial charge on any atom is 0.410 e. The van der Waals surface area contributed by atoms with Crippen LogP contribution < -0.4 is 10.5 Å². The number of nitro groups is 1. The lowest BCUT2D eigenvalue weighted by Gasteiger charge is -2.24. The van der Waals surface area contributed by atoms with Crippen molar-refractivity contribution in [2.45, 2.75) is 32.8 Å². The maximum absolute atomic E-state index is 11.8. The second kappa shape index (κ2) is 8.70. The van der Waals surface area contributed by atoms with E-state index >= 15 is 0 Å². The van der Waals surface area contributed by atoms with Gasteiger partial charge in [0.15, 0.2) is 5.02 Å². The summed E-state index contributed by atoms with van der Waals surface area (Å²) in [6, 6.07) is 2.24. The summed E-state index contributed by atoms with van der Waals surface area (Å²) in [5.74, 6) is -0.853. The number of hydrogen-bond acceptors (Lipinski definition) is 6. The van der Waals surface area contributed by atoms with Gasteiger partial charge in [-0.05, 0) is 33.3 Å². The highest BCUT2D eigenvalue weighted by Gasteiger charge is 2.22. The molecule has 144 valence electrons. The van der Waals surface area contributed by atoms with Gasteiger partial charge in [0.25, 0.3) is 5.69 Å². The molecule has 0 radical (unpaired) electrons. The van der Waals surface area contributed by atoms with Crippen LogP contribution in [-0.4, -0.2) is 47.6 Å². The molecule has 1 aromatic carbocycles. The zero-order valence-electron chi connectivity index (χ0n) is 15.1. The maximum atomic E-state index is 11.8. The standard InChI is InChI=1S/C16H22ClN3O6/c1-16(2,3)26-15(22)19(4)6-5-7-25-12-9-10(14(18)21)8-11(13(12)17)20(23)24/h8-9H,5-7H2,1-4H3,(H2,18,21). The number of carbonyl (C=O) groups excluding carboxylic acids is 2. The fourth-order valence-electron chi connectivity index (χ4n) is 1.88. The van der Waals surface area contributed by atoms with Gasteiger partial charge in [0.2, 0.25) is 5.91 Å². The first-order chi connectivity index (χ1) is 11.9. The Morgan fingerprint density at radius 1 is 1.35 bits per heavy atom. The summed E-state index contributed by atoms with van der Waals surface area (Å²) in [4.78, 5) is 34.8. The van der Waals surface area contributed by atoms with Crippen molar-refractivity contribution in [2.75, 3.05) is 20.2 Å². The van der Waals surface area contributed by atoms with Gasteiger partial charge >= 0.3 is 6.09 Å². The molecule has 1 aromatic rings. The average Bonchev–Trinajstić information content (AvgIpc) is 2.50. The molecular weight excluding hydrogens is 366 g/mol. The first kappa shape index (κ1) is 21.5. The summed E-state index contributed by atoms with van der Waals surface area (Å²) >= 11 is 5.94. The number of ether oxygens (including phenoxy) is 2. The van der Waals surface area contributed by atoms with Crippen molar-refractivity contribution in [3.05, 3.63) is 32.8 Å². The van der Waals surface area contributed by atoms with E-state index in [0.717, 1.165) is 6.07 Å². The van der Waals surface area contributed by atoms with Crippen LogP contribution in [0.3, 0.4) is 0 Å². The predicted molar refractivity (Wildman–Crippen MR) is 95.6 cm³/mol. The minimum absolute atomic E-state index is 0.0189. The number of nitrogens with zero attached hydrogens (tertiary/aromatic N) is 2. The molecule has 0 saturated heterocycles. The molecule has 0 aliphatic heterocycles. The molecule has 0 fully saturated rings. The van der Waals surface area contributed by atoms with Crippen molar-refractivity contribution in [1.29, 1.82) is 0 Å². The van der Waals surface area contributed by atoms with Gasteiger partial charge in [-0.3, -0.25) is 14.9 Å². The Labute approximate surface area is 156 Å². The van der Waals surface area contributed by atoms with Gasteiger partial charge in [-0.15, -0.1) is 0 Å². The Hall–Kier alpha value is -2.55. The van der Waals surface area contributed by atoms with Crippen molar-refractivity contribution >= 4 is 29.3 Å². The zero-order valence-corrected chi connectivity index (χ0v) is 15.8. The summed E-state index contributed by atoms with van der Waals surface area (Å²) in [6.07, 6.45) is -0.0531. The molecule has 0 saturated carbocycles. The number of benzene rings is 1. The molecule has 0 atom stereocenters. The highest BCUT2D eigenvalue weighted by molar-refractivity contribution is 6.34. The molecule has 2 amide bonds. The van der Waals surface area contributed by atoms with E-state index < -0.39 is 28.2 Å². The van der Waals surface area contributed by atoms with Crippen LogP contribution in [0.1, 0.15) is 37.6 Å². The van der Waals surface area contributed by atoms with E-state index in [2.05, 4.69) is 0 Å². The summed E-state index contributed by atoms with van der Waals surface area (Å²) < 4.78 is 10.6. The third-order valence-corrected chi connectivity index (χ3v) is 3.48. The zero-order chi connectivity index (χ0) is 20.1. The second-order valence-corrected chi connectivity index (χ2v) is 6.91. The molecule has 9 nitrogen and oxygen atoms in total. The van der Waals surface area contributed by atoms with Crippen LogP contribution in [0.25, 0.3) is 0 Å². The number of hydrogen-bond donors (Lipinski definition) is 1. The van der Waals surface area contributed by atoms with Crippen molar-refractivity contribution in [3.63, 3.8) is 0 Å². The lowest BCUT2D eigenvalue weighted by Crippen LogP contribution is -2.35. The quantitative estimate of drug-likeness (QED) is 0.435. The Balaban J connectivity index is 2.69. The molecular formula is C16H22ClN3O6. The van der Waals surface area contributed by atoms with Gasteiger partial charge in [0.05, 0.1) is 11.5 Å². The van der Waals surface area contributed by atoms with Crippen LogP contribution in [0.5, 0.6) is 5.75 Å². The van der Waals surface area contributed by atoms with E-state index in [1.165, 1.54) is 11.0 Å². The lowest BCUT2D eigenvalue weighted by molar-refractivity contribution is -0.384. The monoisotopic (exact) mass is 387 g/mol. The van der Waals surface area contributed by atoms with Crippen LogP contribution in [0.4, 0.5) is 10.5 Å². The Kier molecular flexibility index (Phi) is 7.19. The van der Waals surface area contributed by atoms with Crippen molar-refractivity contribution < 1.29 is 24.0 Å². The van der Waals surface area contributed by atoms with Gasteiger partial charge in [0, 0.05) is 25.2 Å². The third kappa shape index (κ3) is 6.40. The summed E-state index contributed by atoms with van der Waals surface area (Å²) in [5, 5.41) is 10.8. The molecule has 0 aromatic heterocycles. The molecule has 26 heavy (non-hydrogen) atoms. The predicted octanol–water partition coefficient (Wildman–Crippen LogP) is 2.98. The van der Waals surface area contributed by atoms with E-state index in [1.807, 2.05) is 0 Å². The number of nitrogens with two attached hydrogens (primary N) is 1. The van der Waals surface area contributed by atoms with E-state index in [9.17, 15) is 19.7 Å². The van der Waals surface area contributed by atoms with Gasteiger partial charge in [0.1, 0.15) is 11.4 Å². The summed E-state index contributed by atoms with van der Waals surface area (Å²) in [6.45, 7) is 5.75. The van der Waals surface area contributed by atoms with Gasteiger partial charge < -0.3 is 20.1 Å². The number of rotatable bonds is 7. The van der Waals surface area contributed by atoms with Crippen molar-refractivity contribution in [2.24, 2.45) is 5.73 Å². The first-order valence-electron chi connectivity index (χ1n) is 7.77. The molecule has 0 bridgehead atoms. The van der Waals surface area contributed by atoms with Crippen LogP contribution in [0.2, 0.25) is 5.02 Å². The van der Waals surface area contributed by atoms with E-state index in [-0.39, 0.29) is 22.9 Å². The Morgan fingerprint density at radius 3 is 2.46 bits per heavy atom. The molecule has 0 unspecified atom stereocenters. The normalized spacial score (nSPS) is 11.0. The van der Waals surface area contributed by atoms with Gasteiger partial charge in [-0.2, -0.15) is 0 Å². The summed E-state index contributed by atoms with van der Waals surface area (Å²) in [7, 11) is 1.58. The van der Waals surface area contributed by atoms with E-state index in [0.29, 0.717) is 13.0 Å². The molecule has 0 aliphatic rings.